The number of nitrogens with zero attached hydrogens (tertiary/aromatic N) is 1. The van der Waals surface area contributed by atoms with E-state index in [1.54, 1.807) is 7.11 Å². The van der Waals surface area contributed by atoms with Crippen LogP contribution in [0.3, 0.4) is 0 Å². The Hall–Kier alpha value is -1.39. The summed E-state index contributed by atoms with van der Waals surface area (Å²) in [6.45, 7) is 7.45. The van der Waals surface area contributed by atoms with Gasteiger partial charge in [-0.3, -0.25) is 4.79 Å². The molecule has 0 spiro atoms. The predicted molar refractivity (Wildman–Crippen MR) is 88.4 cm³/mol. The zero-order chi connectivity index (χ0) is 15.9. The summed E-state index contributed by atoms with van der Waals surface area (Å²) in [7, 11) is 1.71. The van der Waals surface area contributed by atoms with Crippen LogP contribution in [0.1, 0.15) is 37.8 Å². The van der Waals surface area contributed by atoms with E-state index in [-0.39, 0.29) is 5.91 Å². The van der Waals surface area contributed by atoms with Crippen molar-refractivity contribution in [2.45, 2.75) is 45.9 Å². The minimum Gasteiger partial charge on any atom is -0.380 e. The maximum absolute atomic E-state index is 11.8. The Bertz CT molecular complexity index is 472. The van der Waals surface area contributed by atoms with E-state index in [2.05, 4.69) is 36.5 Å². The summed E-state index contributed by atoms with van der Waals surface area (Å²) in [6.07, 6.45) is 1.65. The lowest BCUT2D eigenvalue weighted by Gasteiger charge is -2.37. The van der Waals surface area contributed by atoms with Crippen molar-refractivity contribution in [3.05, 3.63) is 35.4 Å². The van der Waals surface area contributed by atoms with Crippen molar-refractivity contribution < 1.29 is 9.53 Å². The van der Waals surface area contributed by atoms with Crippen molar-refractivity contribution in [2.24, 2.45) is 5.92 Å². The zero-order valence-electron chi connectivity index (χ0n) is 14.0. The Balaban J connectivity index is 1.81. The maximum atomic E-state index is 11.8. The number of carbonyl (C=O) groups excluding carboxylic acids is 1. The third kappa shape index (κ3) is 4.55. The third-order valence-corrected chi connectivity index (χ3v) is 4.46. The van der Waals surface area contributed by atoms with Gasteiger partial charge in [0.25, 0.3) is 0 Å². The zero-order valence-corrected chi connectivity index (χ0v) is 14.0. The molecule has 122 valence electrons. The molecule has 0 radical (unpaired) electrons. The van der Waals surface area contributed by atoms with E-state index < -0.39 is 0 Å². The lowest BCUT2D eigenvalue weighted by Crippen LogP contribution is -2.49. The molecule has 2 rings (SSSR count). The first-order valence-corrected chi connectivity index (χ1v) is 8.22. The highest BCUT2D eigenvalue weighted by atomic mass is 16.5. The van der Waals surface area contributed by atoms with Crippen molar-refractivity contribution in [1.82, 2.24) is 10.2 Å². The SMILES string of the molecule is CCC(=O)N1CC[C@@H](NCc2ccc(COC)cc2)[C@@H](C)C1. The molecule has 1 heterocycles. The largest absolute Gasteiger partial charge is 0.380 e. The summed E-state index contributed by atoms with van der Waals surface area (Å²) in [5, 5.41) is 3.65. The molecule has 2 atom stereocenters. The van der Waals surface area contributed by atoms with E-state index in [1.807, 2.05) is 11.8 Å². The number of likely N-dealkylation sites (tertiary alicyclic amines) is 1. The minimum absolute atomic E-state index is 0.277. The topological polar surface area (TPSA) is 41.6 Å². The van der Waals surface area contributed by atoms with Gasteiger partial charge in [-0.2, -0.15) is 0 Å². The van der Waals surface area contributed by atoms with Crippen LogP contribution in [0, 0.1) is 5.92 Å². The van der Waals surface area contributed by atoms with E-state index in [1.165, 1.54) is 11.1 Å². The van der Waals surface area contributed by atoms with Gasteiger partial charge in [0.1, 0.15) is 0 Å². The van der Waals surface area contributed by atoms with Gasteiger partial charge in [-0.15, -0.1) is 0 Å². The fraction of sp³-hybridized carbons (Fsp3) is 0.611. The Morgan fingerprint density at radius 1 is 1.32 bits per heavy atom. The Morgan fingerprint density at radius 3 is 2.59 bits per heavy atom. The first kappa shape index (κ1) is 17.0. The smallest absolute Gasteiger partial charge is 0.222 e. The molecule has 0 saturated carbocycles. The number of hydrogen-bond acceptors (Lipinski definition) is 3. The molecule has 1 N–H and O–H groups in total. The first-order valence-electron chi connectivity index (χ1n) is 8.22. The van der Waals surface area contributed by atoms with Crippen molar-refractivity contribution in [1.29, 1.82) is 0 Å². The molecule has 1 aromatic carbocycles. The van der Waals surface area contributed by atoms with Crippen LogP contribution < -0.4 is 5.32 Å². The molecule has 0 bridgehead atoms. The second-order valence-corrected chi connectivity index (χ2v) is 6.20. The molecular weight excluding hydrogens is 276 g/mol. The third-order valence-electron chi connectivity index (χ3n) is 4.46. The quantitative estimate of drug-likeness (QED) is 0.878. The predicted octanol–water partition coefficient (Wildman–Crippen LogP) is 2.57. The lowest BCUT2D eigenvalue weighted by atomic mass is 9.93. The fourth-order valence-electron chi connectivity index (χ4n) is 3.07. The van der Waals surface area contributed by atoms with Crippen LogP contribution in [0.25, 0.3) is 0 Å². The molecule has 1 aliphatic rings. The molecule has 0 aliphatic carbocycles. The average Bonchev–Trinajstić information content (AvgIpc) is 2.54. The van der Waals surface area contributed by atoms with Gasteiger partial charge in [-0.25, -0.2) is 0 Å². The molecule has 1 fully saturated rings. The number of hydrogen-bond donors (Lipinski definition) is 1. The molecule has 1 amide bonds. The second-order valence-electron chi connectivity index (χ2n) is 6.20. The molecule has 0 aromatic heterocycles. The van der Waals surface area contributed by atoms with Crippen LogP contribution in [0.15, 0.2) is 24.3 Å². The standard InChI is InChI=1S/C18H28N2O2/c1-4-18(21)20-10-9-17(14(2)12-20)19-11-15-5-7-16(8-6-15)13-22-3/h5-8,14,17,19H,4,9-13H2,1-3H3/t14-,17+/m0/s1. The number of methoxy groups -OCH3 is 1. The van der Waals surface area contributed by atoms with E-state index >= 15 is 0 Å². The highest BCUT2D eigenvalue weighted by Gasteiger charge is 2.27. The fourth-order valence-corrected chi connectivity index (χ4v) is 3.07. The van der Waals surface area contributed by atoms with E-state index in [0.29, 0.717) is 25.0 Å². The van der Waals surface area contributed by atoms with Gasteiger partial charge >= 0.3 is 0 Å². The number of piperidine rings is 1. The van der Waals surface area contributed by atoms with Crippen molar-refractivity contribution >= 4 is 5.91 Å². The Labute approximate surface area is 133 Å². The van der Waals surface area contributed by atoms with Crippen molar-refractivity contribution in [2.75, 3.05) is 20.2 Å². The van der Waals surface area contributed by atoms with Crippen molar-refractivity contribution in [3.8, 4) is 0 Å². The normalized spacial score (nSPS) is 21.9. The van der Waals surface area contributed by atoms with Gasteiger partial charge < -0.3 is 15.0 Å². The molecule has 0 unspecified atom stereocenters. The number of benzene rings is 1. The van der Waals surface area contributed by atoms with Crippen LogP contribution in [0.5, 0.6) is 0 Å². The van der Waals surface area contributed by atoms with Crippen LogP contribution >= 0.6 is 0 Å². The van der Waals surface area contributed by atoms with Crippen molar-refractivity contribution in [3.63, 3.8) is 0 Å². The molecule has 1 saturated heterocycles. The monoisotopic (exact) mass is 304 g/mol. The van der Waals surface area contributed by atoms with Gasteiger partial charge in [0.15, 0.2) is 0 Å². The number of ether oxygens (including phenoxy) is 1. The molecule has 4 nitrogen and oxygen atoms in total. The van der Waals surface area contributed by atoms with Gasteiger partial charge in [-0.1, -0.05) is 38.1 Å². The molecular formula is C18H28N2O2. The summed E-state index contributed by atoms with van der Waals surface area (Å²) in [6, 6.07) is 9.03. The molecule has 4 heteroatoms. The van der Waals surface area contributed by atoms with Crippen LogP contribution in [-0.4, -0.2) is 37.0 Å². The number of carbonyl (C=O) groups is 1. The maximum Gasteiger partial charge on any atom is 0.222 e. The number of rotatable bonds is 6. The molecule has 22 heavy (non-hydrogen) atoms. The van der Waals surface area contributed by atoms with E-state index in [0.717, 1.165) is 26.1 Å². The Kier molecular flexibility index (Phi) is 6.40. The van der Waals surface area contributed by atoms with Crippen LogP contribution in [0.4, 0.5) is 0 Å². The minimum atomic E-state index is 0.277. The Morgan fingerprint density at radius 2 is 2.00 bits per heavy atom. The highest BCUT2D eigenvalue weighted by molar-refractivity contribution is 5.75. The number of nitrogens with one attached hydrogen (secondary N) is 1. The van der Waals surface area contributed by atoms with Gasteiger partial charge in [0.05, 0.1) is 6.61 Å². The van der Waals surface area contributed by atoms with Gasteiger partial charge in [0, 0.05) is 39.2 Å². The van der Waals surface area contributed by atoms with Crippen LogP contribution in [-0.2, 0) is 22.7 Å². The average molecular weight is 304 g/mol. The summed E-state index contributed by atoms with van der Waals surface area (Å²) in [5.74, 6) is 0.774. The van der Waals surface area contributed by atoms with E-state index in [9.17, 15) is 4.79 Å². The first-order chi connectivity index (χ1) is 10.6. The van der Waals surface area contributed by atoms with Crippen LogP contribution in [0.2, 0.25) is 0 Å². The highest BCUT2D eigenvalue weighted by Crippen LogP contribution is 2.18. The lowest BCUT2D eigenvalue weighted by molar-refractivity contribution is -0.132. The summed E-state index contributed by atoms with van der Waals surface area (Å²) >= 11 is 0. The number of amides is 1. The van der Waals surface area contributed by atoms with E-state index in [4.69, 9.17) is 4.74 Å². The molecule has 1 aliphatic heterocycles. The molecule has 1 aromatic rings. The summed E-state index contributed by atoms with van der Waals surface area (Å²) < 4.78 is 5.13. The van der Waals surface area contributed by atoms with Gasteiger partial charge in [-0.05, 0) is 23.5 Å². The second kappa shape index (κ2) is 8.30. The summed E-state index contributed by atoms with van der Waals surface area (Å²) in [4.78, 5) is 13.8. The summed E-state index contributed by atoms with van der Waals surface area (Å²) in [5.41, 5.74) is 2.49. The van der Waals surface area contributed by atoms with Gasteiger partial charge in [0.2, 0.25) is 5.91 Å².